The normalized spacial score (nSPS) is 18.9. The first kappa shape index (κ1) is 23.4. The topological polar surface area (TPSA) is 68.7 Å². The number of carbonyl (C=O) groups excluding carboxylic acids is 1. The molecule has 2 heterocycles. The van der Waals surface area contributed by atoms with Gasteiger partial charge in [0.2, 0.25) is 0 Å². The summed E-state index contributed by atoms with van der Waals surface area (Å²) >= 11 is 1.25. The number of hydrogen-bond acceptors (Lipinski definition) is 6. The number of esters is 1. The molecule has 0 unspecified atom stereocenters. The summed E-state index contributed by atoms with van der Waals surface area (Å²) in [5.74, 6) is -0.672. The zero-order chi connectivity index (χ0) is 23.5. The number of benzene rings is 2. The highest BCUT2D eigenvalue weighted by molar-refractivity contribution is 7.94. The number of aromatic nitrogens is 1. The van der Waals surface area contributed by atoms with Crippen LogP contribution in [0.3, 0.4) is 0 Å². The van der Waals surface area contributed by atoms with Gasteiger partial charge in [-0.2, -0.15) is 0 Å². The summed E-state index contributed by atoms with van der Waals surface area (Å²) in [7, 11) is 1.61. The summed E-state index contributed by atoms with van der Waals surface area (Å²) in [6.07, 6.45) is 2.75. The van der Waals surface area contributed by atoms with Gasteiger partial charge in [0, 0.05) is 39.9 Å². The fourth-order valence-electron chi connectivity index (χ4n) is 4.12. The number of rotatable bonds is 6. The van der Waals surface area contributed by atoms with Gasteiger partial charge in [0.1, 0.15) is 11.9 Å². The van der Waals surface area contributed by atoms with Crippen LogP contribution in [-0.4, -0.2) is 35.4 Å². The van der Waals surface area contributed by atoms with E-state index >= 15 is 0 Å². The van der Waals surface area contributed by atoms with Crippen molar-refractivity contribution in [3.63, 3.8) is 0 Å². The summed E-state index contributed by atoms with van der Waals surface area (Å²) in [4.78, 5) is 17.6. The highest BCUT2D eigenvalue weighted by Gasteiger charge is 2.26. The van der Waals surface area contributed by atoms with Crippen LogP contribution in [0.4, 0.5) is 4.39 Å². The summed E-state index contributed by atoms with van der Waals surface area (Å²) < 4.78 is 24.9. The van der Waals surface area contributed by atoms with E-state index in [0.717, 1.165) is 27.3 Å². The van der Waals surface area contributed by atoms with Gasteiger partial charge in [-0.05, 0) is 47.9 Å². The standard InChI is InChI=1S/C26H26FNO4S/c1-15(2)26-21(9-8-19-13-18(29)14-24(30)32-19)25(16-5-4-6-20(11-16)33-31-3)22-12-17(27)7-10-23(22)28-26/h4-12,15,18-19,29H,13-14H2,1-3H3/b9-8+/t18-,19-/m1/s1. The molecule has 0 amide bonds. The molecule has 0 saturated carbocycles. The summed E-state index contributed by atoms with van der Waals surface area (Å²) in [5.41, 5.74) is 4.14. The van der Waals surface area contributed by atoms with Crippen LogP contribution in [0.1, 0.15) is 43.9 Å². The minimum Gasteiger partial charge on any atom is -0.458 e. The minimum atomic E-state index is -0.725. The molecule has 1 aliphatic rings. The van der Waals surface area contributed by atoms with Crippen molar-refractivity contribution in [2.75, 3.05) is 7.11 Å². The number of aliphatic hydroxyl groups excluding tert-OH is 1. The van der Waals surface area contributed by atoms with Crippen molar-refractivity contribution in [1.29, 1.82) is 0 Å². The average molecular weight is 468 g/mol. The molecule has 1 fully saturated rings. The number of aliphatic hydroxyl groups is 1. The minimum absolute atomic E-state index is 0.00754. The van der Waals surface area contributed by atoms with Crippen molar-refractivity contribution < 1.29 is 23.2 Å². The van der Waals surface area contributed by atoms with Crippen LogP contribution in [0, 0.1) is 5.82 Å². The second-order valence-electron chi connectivity index (χ2n) is 8.36. The molecule has 2 atom stereocenters. The zero-order valence-electron chi connectivity index (χ0n) is 18.7. The highest BCUT2D eigenvalue weighted by atomic mass is 32.2. The smallest absolute Gasteiger partial charge is 0.309 e. The molecule has 4 rings (SSSR count). The maximum absolute atomic E-state index is 14.3. The Hall–Kier alpha value is -2.74. The second kappa shape index (κ2) is 10.0. The van der Waals surface area contributed by atoms with E-state index < -0.39 is 18.2 Å². The zero-order valence-corrected chi connectivity index (χ0v) is 19.6. The monoisotopic (exact) mass is 467 g/mol. The van der Waals surface area contributed by atoms with E-state index in [2.05, 4.69) is 13.8 Å². The Balaban J connectivity index is 1.94. The predicted octanol–water partition coefficient (Wildman–Crippen LogP) is 5.90. The molecule has 1 aromatic heterocycles. The van der Waals surface area contributed by atoms with Crippen LogP contribution in [0.25, 0.3) is 28.1 Å². The lowest BCUT2D eigenvalue weighted by Gasteiger charge is -2.24. The number of nitrogens with zero attached hydrogens (tertiary/aromatic N) is 1. The summed E-state index contributed by atoms with van der Waals surface area (Å²) in [6.45, 7) is 4.11. The van der Waals surface area contributed by atoms with Gasteiger partial charge in [0.05, 0.1) is 30.8 Å². The number of hydrogen-bond donors (Lipinski definition) is 1. The molecular formula is C26H26FNO4S. The molecule has 0 aliphatic carbocycles. The van der Waals surface area contributed by atoms with Crippen LogP contribution >= 0.6 is 12.0 Å². The Morgan fingerprint density at radius 3 is 2.82 bits per heavy atom. The van der Waals surface area contributed by atoms with E-state index in [1.54, 1.807) is 19.3 Å². The maximum Gasteiger partial charge on any atom is 0.309 e. The van der Waals surface area contributed by atoms with E-state index in [1.807, 2.05) is 30.3 Å². The third-order valence-corrected chi connectivity index (χ3v) is 6.14. The molecule has 0 bridgehead atoms. The fraction of sp³-hybridized carbons (Fsp3) is 0.308. The molecule has 1 N–H and O–H groups in total. The first-order chi connectivity index (χ1) is 15.9. The number of carbonyl (C=O) groups is 1. The molecule has 1 saturated heterocycles. The molecule has 33 heavy (non-hydrogen) atoms. The molecule has 3 aromatic rings. The number of ether oxygens (including phenoxy) is 1. The summed E-state index contributed by atoms with van der Waals surface area (Å²) in [6, 6.07) is 12.5. The van der Waals surface area contributed by atoms with Gasteiger partial charge in [-0.25, -0.2) is 4.39 Å². The van der Waals surface area contributed by atoms with Gasteiger partial charge < -0.3 is 14.0 Å². The Morgan fingerprint density at radius 2 is 2.09 bits per heavy atom. The third-order valence-electron chi connectivity index (χ3n) is 5.53. The first-order valence-corrected chi connectivity index (χ1v) is 11.6. The average Bonchev–Trinajstić information content (AvgIpc) is 2.76. The van der Waals surface area contributed by atoms with Gasteiger partial charge in [0.15, 0.2) is 0 Å². The lowest BCUT2D eigenvalue weighted by molar-refractivity contribution is -0.156. The van der Waals surface area contributed by atoms with Crippen molar-refractivity contribution in [2.45, 2.75) is 49.7 Å². The van der Waals surface area contributed by atoms with Gasteiger partial charge in [-0.15, -0.1) is 0 Å². The molecular weight excluding hydrogens is 441 g/mol. The van der Waals surface area contributed by atoms with Crippen LogP contribution in [0.5, 0.6) is 0 Å². The van der Waals surface area contributed by atoms with Gasteiger partial charge in [-0.3, -0.25) is 9.78 Å². The fourth-order valence-corrected chi connectivity index (χ4v) is 4.62. The largest absolute Gasteiger partial charge is 0.458 e. The van der Waals surface area contributed by atoms with Gasteiger partial charge in [0.25, 0.3) is 0 Å². The highest BCUT2D eigenvalue weighted by Crippen LogP contribution is 2.38. The summed E-state index contributed by atoms with van der Waals surface area (Å²) in [5, 5.41) is 10.7. The van der Waals surface area contributed by atoms with Crippen molar-refractivity contribution >= 4 is 35.0 Å². The SMILES string of the molecule is COSc1cccc(-c2c(/C=C/[C@@H]3C[C@@H](O)CC(=O)O3)c(C(C)C)nc3ccc(F)cc23)c1. The molecule has 172 valence electrons. The molecule has 7 heteroatoms. The number of halogens is 1. The second-order valence-corrected chi connectivity index (χ2v) is 9.33. The third kappa shape index (κ3) is 5.27. The Bertz CT molecular complexity index is 1210. The van der Waals surface area contributed by atoms with E-state index in [0.29, 0.717) is 17.3 Å². The molecule has 1 aliphatic heterocycles. The van der Waals surface area contributed by atoms with Crippen molar-refractivity contribution in [3.8, 4) is 11.1 Å². The first-order valence-electron chi connectivity index (χ1n) is 10.9. The maximum atomic E-state index is 14.3. The van der Waals surface area contributed by atoms with Crippen LogP contribution < -0.4 is 0 Å². The molecule has 0 radical (unpaired) electrons. The number of fused-ring (bicyclic) bond motifs is 1. The molecule has 2 aromatic carbocycles. The van der Waals surface area contributed by atoms with E-state index in [-0.39, 0.29) is 18.2 Å². The van der Waals surface area contributed by atoms with E-state index in [1.165, 1.54) is 24.2 Å². The lowest BCUT2D eigenvalue weighted by Crippen LogP contribution is -2.31. The Morgan fingerprint density at radius 1 is 1.27 bits per heavy atom. The predicted molar refractivity (Wildman–Crippen MR) is 128 cm³/mol. The van der Waals surface area contributed by atoms with Crippen LogP contribution in [0.15, 0.2) is 53.4 Å². The molecule has 5 nitrogen and oxygen atoms in total. The van der Waals surface area contributed by atoms with Crippen LogP contribution in [-0.2, 0) is 13.7 Å². The van der Waals surface area contributed by atoms with Crippen molar-refractivity contribution in [2.24, 2.45) is 0 Å². The van der Waals surface area contributed by atoms with Crippen molar-refractivity contribution in [1.82, 2.24) is 4.98 Å². The van der Waals surface area contributed by atoms with Gasteiger partial charge in [-0.1, -0.05) is 32.1 Å². The number of cyclic esters (lactones) is 1. The van der Waals surface area contributed by atoms with Crippen LogP contribution in [0.2, 0.25) is 0 Å². The molecule has 0 spiro atoms. The van der Waals surface area contributed by atoms with Gasteiger partial charge >= 0.3 is 5.97 Å². The van der Waals surface area contributed by atoms with E-state index in [4.69, 9.17) is 13.9 Å². The lowest BCUT2D eigenvalue weighted by atomic mass is 9.90. The Labute approximate surface area is 196 Å². The quantitative estimate of drug-likeness (QED) is 0.360. The number of pyridine rings is 1. The Kier molecular flexibility index (Phi) is 7.12. The van der Waals surface area contributed by atoms with E-state index in [9.17, 15) is 14.3 Å². The van der Waals surface area contributed by atoms with Crippen molar-refractivity contribution in [3.05, 3.63) is 65.6 Å².